The van der Waals surface area contributed by atoms with Gasteiger partial charge in [0, 0.05) is 43.5 Å². The number of fused-ring (bicyclic) bond motifs is 1. The normalized spacial score (nSPS) is 15.9. The minimum Gasteiger partial charge on any atom is -0.338 e. The molecule has 1 saturated heterocycles. The van der Waals surface area contributed by atoms with E-state index in [4.69, 9.17) is 0 Å². The Kier molecular flexibility index (Phi) is 3.82. The molecule has 0 bridgehead atoms. The lowest BCUT2D eigenvalue weighted by molar-refractivity contribution is 0.0667. The molecule has 1 aliphatic rings. The minimum absolute atomic E-state index is 0.0117. The van der Waals surface area contributed by atoms with Crippen LogP contribution in [0.15, 0.2) is 36.8 Å². The summed E-state index contributed by atoms with van der Waals surface area (Å²) in [5, 5.41) is 5.28. The smallest absolute Gasteiger partial charge is 0.253 e. The summed E-state index contributed by atoms with van der Waals surface area (Å²) >= 11 is 0. The first kappa shape index (κ1) is 15.9. The summed E-state index contributed by atoms with van der Waals surface area (Å²) in [6, 6.07) is 5.78. The van der Waals surface area contributed by atoms with E-state index >= 15 is 0 Å². The number of halogens is 1. The number of carbonyl (C=O) groups excluding carboxylic acids is 1. The number of carbonyl (C=O) groups is 1. The van der Waals surface area contributed by atoms with Crippen LogP contribution in [0.25, 0.3) is 16.6 Å². The average molecular weight is 340 g/mol. The van der Waals surface area contributed by atoms with Crippen LogP contribution in [-0.4, -0.2) is 44.4 Å². The number of alkyl halides is 1. The third kappa shape index (κ3) is 2.81. The van der Waals surface area contributed by atoms with Crippen molar-refractivity contribution in [1.29, 1.82) is 0 Å². The van der Waals surface area contributed by atoms with Gasteiger partial charge >= 0.3 is 0 Å². The van der Waals surface area contributed by atoms with Crippen molar-refractivity contribution in [3.8, 4) is 5.69 Å². The van der Waals surface area contributed by atoms with Crippen LogP contribution in [0.4, 0.5) is 4.39 Å². The van der Waals surface area contributed by atoms with E-state index in [1.165, 1.54) is 0 Å². The molecule has 6 heteroatoms. The van der Waals surface area contributed by atoms with Crippen molar-refractivity contribution in [2.24, 2.45) is 7.05 Å². The maximum Gasteiger partial charge on any atom is 0.253 e. The molecule has 0 unspecified atom stereocenters. The second kappa shape index (κ2) is 6.02. The van der Waals surface area contributed by atoms with Crippen molar-refractivity contribution in [3.05, 3.63) is 47.9 Å². The van der Waals surface area contributed by atoms with Crippen molar-refractivity contribution >= 4 is 16.8 Å². The lowest BCUT2D eigenvalue weighted by Crippen LogP contribution is -2.39. The number of hydrogen-bond acceptors (Lipinski definition) is 2. The maximum atomic E-state index is 13.3. The van der Waals surface area contributed by atoms with Crippen LogP contribution < -0.4 is 0 Å². The quantitative estimate of drug-likeness (QED) is 0.719. The fraction of sp³-hybridized carbons (Fsp3) is 0.368. The summed E-state index contributed by atoms with van der Waals surface area (Å²) in [6.45, 7) is 3.03. The van der Waals surface area contributed by atoms with Crippen molar-refractivity contribution < 1.29 is 9.18 Å². The first-order valence-electron chi connectivity index (χ1n) is 8.57. The summed E-state index contributed by atoms with van der Waals surface area (Å²) in [5.41, 5.74) is 3.81. The van der Waals surface area contributed by atoms with Crippen molar-refractivity contribution in [3.63, 3.8) is 0 Å². The highest BCUT2D eigenvalue weighted by Crippen LogP contribution is 2.26. The molecule has 130 valence electrons. The number of rotatable bonds is 2. The van der Waals surface area contributed by atoms with Crippen LogP contribution in [0.2, 0.25) is 0 Å². The number of aromatic nitrogens is 3. The van der Waals surface area contributed by atoms with Crippen LogP contribution >= 0.6 is 0 Å². The van der Waals surface area contributed by atoms with E-state index in [-0.39, 0.29) is 5.91 Å². The Balaban J connectivity index is 1.69. The highest BCUT2D eigenvalue weighted by molar-refractivity contribution is 5.99. The standard InChI is InChI=1S/C19H21FN4O/c1-13-11-24(16-10-21-22(2)12-16)18-4-3-14(9-17(13)18)19(25)23-7-5-15(20)6-8-23/h3-4,9-12,15H,5-8H2,1-2H3. The van der Waals surface area contributed by atoms with Gasteiger partial charge in [-0.2, -0.15) is 5.10 Å². The Hall–Kier alpha value is -2.63. The van der Waals surface area contributed by atoms with Gasteiger partial charge in [-0.05, 0) is 43.5 Å². The zero-order valence-electron chi connectivity index (χ0n) is 14.4. The largest absolute Gasteiger partial charge is 0.338 e. The van der Waals surface area contributed by atoms with E-state index in [0.29, 0.717) is 31.5 Å². The third-order valence-electron chi connectivity index (χ3n) is 4.93. The Morgan fingerprint density at radius 3 is 2.68 bits per heavy atom. The van der Waals surface area contributed by atoms with Crippen LogP contribution in [0.3, 0.4) is 0 Å². The molecule has 2 aromatic heterocycles. The van der Waals surface area contributed by atoms with Crippen molar-refractivity contribution in [2.45, 2.75) is 25.9 Å². The number of hydrogen-bond donors (Lipinski definition) is 0. The number of aryl methyl sites for hydroxylation is 2. The zero-order chi connectivity index (χ0) is 17.6. The second-order valence-corrected chi connectivity index (χ2v) is 6.75. The minimum atomic E-state index is -0.776. The van der Waals surface area contributed by atoms with Gasteiger partial charge in [-0.15, -0.1) is 0 Å². The summed E-state index contributed by atoms with van der Waals surface area (Å²) in [6.07, 6.45) is 5.93. The van der Waals surface area contributed by atoms with E-state index in [9.17, 15) is 9.18 Å². The van der Waals surface area contributed by atoms with Gasteiger partial charge in [0.1, 0.15) is 6.17 Å². The summed E-state index contributed by atoms with van der Waals surface area (Å²) < 4.78 is 17.2. The SMILES string of the molecule is Cc1cn(-c2cnn(C)c2)c2ccc(C(=O)N3CCC(F)CC3)cc12. The van der Waals surface area contributed by atoms with Gasteiger partial charge in [0.2, 0.25) is 0 Å². The molecule has 4 rings (SSSR count). The number of nitrogens with zero attached hydrogens (tertiary/aromatic N) is 4. The maximum absolute atomic E-state index is 13.3. The van der Waals surface area contributed by atoms with E-state index in [0.717, 1.165) is 22.2 Å². The predicted octanol–water partition coefficient (Wildman–Crippen LogP) is 3.25. The Labute approximate surface area is 145 Å². The van der Waals surface area contributed by atoms with E-state index in [2.05, 4.69) is 15.9 Å². The molecule has 3 heterocycles. The zero-order valence-corrected chi connectivity index (χ0v) is 14.4. The fourth-order valence-electron chi connectivity index (χ4n) is 3.51. The van der Waals surface area contributed by atoms with Gasteiger partial charge in [-0.25, -0.2) is 4.39 Å². The lowest BCUT2D eigenvalue weighted by atomic mass is 10.1. The lowest BCUT2D eigenvalue weighted by Gasteiger charge is -2.28. The third-order valence-corrected chi connectivity index (χ3v) is 4.93. The average Bonchev–Trinajstić information content (AvgIpc) is 3.18. The monoisotopic (exact) mass is 340 g/mol. The molecule has 0 radical (unpaired) electrons. The van der Waals surface area contributed by atoms with E-state index < -0.39 is 6.17 Å². The Morgan fingerprint density at radius 1 is 1.24 bits per heavy atom. The first-order chi connectivity index (χ1) is 12.0. The van der Waals surface area contributed by atoms with E-state index in [1.54, 1.807) is 9.58 Å². The predicted molar refractivity (Wildman–Crippen MR) is 94.8 cm³/mol. The number of piperidine rings is 1. The van der Waals surface area contributed by atoms with Gasteiger partial charge in [0.25, 0.3) is 5.91 Å². The molecule has 0 spiro atoms. The molecule has 0 aliphatic carbocycles. The van der Waals surface area contributed by atoms with E-state index in [1.807, 2.05) is 44.6 Å². The molecule has 1 amide bonds. The Bertz CT molecular complexity index is 934. The van der Waals surface area contributed by atoms with Crippen LogP contribution in [0, 0.1) is 6.92 Å². The first-order valence-corrected chi connectivity index (χ1v) is 8.57. The molecular weight excluding hydrogens is 319 g/mol. The van der Waals surface area contributed by atoms with Crippen LogP contribution in [0.1, 0.15) is 28.8 Å². The molecule has 1 fully saturated rings. The molecule has 5 nitrogen and oxygen atoms in total. The molecular formula is C19H21FN4O. The Morgan fingerprint density at radius 2 is 2.00 bits per heavy atom. The summed E-state index contributed by atoms with van der Waals surface area (Å²) in [7, 11) is 1.89. The molecule has 0 saturated carbocycles. The van der Waals surface area contributed by atoms with Gasteiger partial charge in [-0.1, -0.05) is 0 Å². The van der Waals surface area contributed by atoms with Crippen LogP contribution in [0.5, 0.6) is 0 Å². The van der Waals surface area contributed by atoms with Gasteiger partial charge in [-0.3, -0.25) is 9.48 Å². The molecule has 25 heavy (non-hydrogen) atoms. The summed E-state index contributed by atoms with van der Waals surface area (Å²) in [5.74, 6) is -0.0117. The second-order valence-electron chi connectivity index (χ2n) is 6.75. The van der Waals surface area contributed by atoms with Gasteiger partial charge in [0.15, 0.2) is 0 Å². The van der Waals surface area contributed by atoms with Crippen LogP contribution in [-0.2, 0) is 7.05 Å². The molecule has 1 aliphatic heterocycles. The number of amides is 1. The highest BCUT2D eigenvalue weighted by Gasteiger charge is 2.23. The summed E-state index contributed by atoms with van der Waals surface area (Å²) in [4.78, 5) is 14.5. The molecule has 3 aromatic rings. The number of benzene rings is 1. The highest BCUT2D eigenvalue weighted by atomic mass is 19.1. The number of likely N-dealkylation sites (tertiary alicyclic amines) is 1. The fourth-order valence-corrected chi connectivity index (χ4v) is 3.51. The topological polar surface area (TPSA) is 43.1 Å². The van der Waals surface area contributed by atoms with Crippen molar-refractivity contribution in [2.75, 3.05) is 13.1 Å². The molecule has 0 N–H and O–H groups in total. The molecule has 1 aromatic carbocycles. The molecule has 0 atom stereocenters. The van der Waals surface area contributed by atoms with Gasteiger partial charge < -0.3 is 9.47 Å². The van der Waals surface area contributed by atoms with Gasteiger partial charge in [0.05, 0.1) is 17.4 Å². The van der Waals surface area contributed by atoms with Crippen molar-refractivity contribution in [1.82, 2.24) is 19.2 Å².